The molecule has 1 spiro atoms. The van der Waals surface area contributed by atoms with E-state index in [1.165, 1.54) is 0 Å². The number of hydrogen-bond acceptors (Lipinski definition) is 10. The van der Waals surface area contributed by atoms with Crippen molar-refractivity contribution in [3.63, 3.8) is 0 Å². The monoisotopic (exact) mass is 871 g/mol. The molecule has 2 unspecified atom stereocenters. The van der Waals surface area contributed by atoms with Crippen LogP contribution in [0, 0.1) is 5.92 Å². The van der Waals surface area contributed by atoms with Gasteiger partial charge in [0, 0.05) is 37.1 Å². The van der Waals surface area contributed by atoms with E-state index in [2.05, 4.69) is 24.4 Å². The van der Waals surface area contributed by atoms with Crippen LogP contribution in [0.4, 0.5) is 15.3 Å². The van der Waals surface area contributed by atoms with Crippen LogP contribution in [0.1, 0.15) is 88.7 Å². The third-order valence-electron chi connectivity index (χ3n) is 11.3. The maximum Gasteiger partial charge on any atom is 0.412 e. The Balaban J connectivity index is 1.38. The number of ether oxygens (including phenoxy) is 3. The summed E-state index contributed by atoms with van der Waals surface area (Å²) in [6.07, 6.45) is -1.41. The molecule has 6 atom stereocenters. The Bertz CT molecular complexity index is 2170. The van der Waals surface area contributed by atoms with E-state index in [4.69, 9.17) is 30.2 Å². The second-order valence-electron chi connectivity index (χ2n) is 17.8. The molecule has 0 bridgehead atoms. The van der Waals surface area contributed by atoms with E-state index in [0.717, 1.165) is 11.1 Å². The zero-order chi connectivity index (χ0) is 44.9. The van der Waals surface area contributed by atoms with Crippen LogP contribution in [0.2, 0.25) is 0 Å². The average Bonchev–Trinajstić information content (AvgIpc) is 3.96. The summed E-state index contributed by atoms with van der Waals surface area (Å²) < 4.78 is 36.2. The lowest BCUT2D eigenvalue weighted by Crippen LogP contribution is -2.52. The smallest absolute Gasteiger partial charge is 0.412 e. The van der Waals surface area contributed by atoms with Crippen molar-refractivity contribution in [1.29, 1.82) is 0 Å². The summed E-state index contributed by atoms with van der Waals surface area (Å²) in [4.78, 5) is 42.8. The number of nitrogens with two attached hydrogens (primary N) is 2. The molecule has 15 heteroatoms. The van der Waals surface area contributed by atoms with Gasteiger partial charge in [0.25, 0.3) is 0 Å². The molecular formula is C47H62N5O9P. The van der Waals surface area contributed by atoms with E-state index >= 15 is 4.79 Å². The van der Waals surface area contributed by atoms with E-state index in [9.17, 15) is 19.4 Å². The number of carbonyl (C=O) groups excluding carboxylic acids is 2. The number of nitrogens with zero attached hydrogens (tertiary/aromatic N) is 2. The second-order valence-corrected chi connectivity index (χ2v) is 19.5. The lowest BCUT2D eigenvalue weighted by Gasteiger charge is -2.40. The minimum Gasteiger partial charge on any atom is -0.444 e. The van der Waals surface area contributed by atoms with Gasteiger partial charge in [-0.15, -0.1) is 0 Å². The van der Waals surface area contributed by atoms with E-state index in [-0.39, 0.29) is 43.3 Å². The van der Waals surface area contributed by atoms with Crippen molar-refractivity contribution in [2.75, 3.05) is 24.8 Å². The van der Waals surface area contributed by atoms with Crippen LogP contribution in [0.3, 0.4) is 0 Å². The molecule has 2 aliphatic rings. The third kappa shape index (κ3) is 11.8. The molecule has 1 aliphatic carbocycles. The molecule has 6 rings (SSSR count). The van der Waals surface area contributed by atoms with Gasteiger partial charge in [-0.25, -0.2) is 14.2 Å². The predicted octanol–water partition coefficient (Wildman–Crippen LogP) is 8.10. The quantitative estimate of drug-likeness (QED) is 0.0390. The van der Waals surface area contributed by atoms with Gasteiger partial charge < -0.3 is 50.0 Å². The fraction of sp³-hybridized carbons (Fsp3) is 0.447. The van der Waals surface area contributed by atoms with Crippen LogP contribution in [-0.4, -0.2) is 80.5 Å². The number of carbonyl (C=O) groups is 2. The number of amides is 3. The van der Waals surface area contributed by atoms with Gasteiger partial charge in [0.15, 0.2) is 12.1 Å². The van der Waals surface area contributed by atoms with Gasteiger partial charge in [0.05, 0.1) is 29.5 Å². The molecule has 1 heterocycles. The molecule has 4 aromatic rings. The summed E-state index contributed by atoms with van der Waals surface area (Å²) in [5.74, 6) is -1.65. The van der Waals surface area contributed by atoms with Gasteiger partial charge in [0.2, 0.25) is 0 Å². The summed E-state index contributed by atoms with van der Waals surface area (Å²) in [6, 6.07) is 32.8. The Morgan fingerprint density at radius 3 is 2.18 bits per heavy atom. The zero-order valence-corrected chi connectivity index (χ0v) is 37.4. The minimum absolute atomic E-state index is 0.0502. The zero-order valence-electron chi connectivity index (χ0n) is 36.5. The highest BCUT2D eigenvalue weighted by atomic mass is 31.2. The third-order valence-corrected chi connectivity index (χ3v) is 12.3. The largest absolute Gasteiger partial charge is 0.444 e. The topological polar surface area (TPSA) is 199 Å². The van der Waals surface area contributed by atoms with Crippen molar-refractivity contribution < 1.29 is 42.9 Å². The standard InChI is InChI=1S/C47H62N5O9P/c1-32-41(59-46(5,6)55)40(28-33-17-10-7-11-18-33)51(30-34-23-24-39(37(27-34)42(48)49)50-43(53)60-45(2,3)4)44(54)52(47(32)29-38(47)35-19-12-8-13-20-35)25-16-26-58-31-62(56,57)61-36-21-14-9-15-22-36/h7-15,17-24,27,32,38,40-42,55H,16,25-26,28-31,48-49H2,1-6H3,(H,50,53)(H,56,57)/t32-,38?,40-,41-,47-/m1/s1. The first-order valence-corrected chi connectivity index (χ1v) is 22.9. The van der Waals surface area contributed by atoms with E-state index in [0.29, 0.717) is 36.1 Å². The fourth-order valence-electron chi connectivity index (χ4n) is 8.65. The summed E-state index contributed by atoms with van der Waals surface area (Å²) >= 11 is 0. The lowest BCUT2D eigenvalue weighted by molar-refractivity contribution is -0.229. The highest BCUT2D eigenvalue weighted by Crippen LogP contribution is 2.62. The number of nitrogens with one attached hydrogen (secondary N) is 1. The molecule has 4 aromatic carbocycles. The highest BCUT2D eigenvalue weighted by Gasteiger charge is 2.68. The summed E-state index contributed by atoms with van der Waals surface area (Å²) in [5, 5.41) is 14.2. The number of urea groups is 1. The second kappa shape index (κ2) is 19.3. The number of aliphatic hydroxyl groups is 1. The van der Waals surface area contributed by atoms with Gasteiger partial charge in [-0.1, -0.05) is 91.9 Å². The molecule has 1 aliphatic heterocycles. The van der Waals surface area contributed by atoms with Crippen LogP contribution < -0.4 is 21.3 Å². The first-order valence-electron chi connectivity index (χ1n) is 21.1. The van der Waals surface area contributed by atoms with E-state index in [1.54, 1.807) is 77.1 Å². The average molecular weight is 872 g/mol. The lowest BCUT2D eigenvalue weighted by atomic mass is 9.83. The maximum atomic E-state index is 15.7. The van der Waals surface area contributed by atoms with Crippen LogP contribution in [-0.2, 0) is 31.7 Å². The molecule has 0 aromatic heterocycles. The maximum absolute atomic E-state index is 15.7. The molecule has 7 N–H and O–H groups in total. The SMILES string of the molecule is C[C@@H]1[C@@H](OC(C)(C)O)[C@@H](Cc2ccccc2)N(Cc2ccc(NC(=O)OC(C)(C)C)c(C(N)N)c2)C(=O)N(CCCOCP(=O)(O)Oc2ccccc2)[C@]12CC2c1ccccc1. The summed E-state index contributed by atoms with van der Waals surface area (Å²) in [6.45, 7) is 11.0. The molecule has 1 saturated heterocycles. The minimum atomic E-state index is -4.13. The van der Waals surface area contributed by atoms with E-state index in [1.807, 2.05) is 64.4 Å². The molecule has 3 amide bonds. The first kappa shape index (κ1) is 46.7. The number of anilines is 1. The fourth-order valence-corrected chi connectivity index (χ4v) is 9.51. The van der Waals surface area contributed by atoms with Gasteiger partial charge >= 0.3 is 19.7 Å². The number of para-hydroxylation sites is 1. The van der Waals surface area contributed by atoms with Crippen molar-refractivity contribution in [2.24, 2.45) is 17.4 Å². The summed E-state index contributed by atoms with van der Waals surface area (Å²) in [7, 11) is -4.13. The molecule has 0 radical (unpaired) electrons. The number of rotatable bonds is 17. The Morgan fingerprint density at radius 1 is 0.935 bits per heavy atom. The summed E-state index contributed by atoms with van der Waals surface area (Å²) in [5.41, 5.74) is 14.7. The number of hydrogen-bond donors (Lipinski definition) is 5. The van der Waals surface area contributed by atoms with Crippen LogP contribution >= 0.6 is 7.60 Å². The van der Waals surface area contributed by atoms with Crippen LogP contribution in [0.15, 0.2) is 109 Å². The van der Waals surface area contributed by atoms with Gasteiger partial charge in [0.1, 0.15) is 11.4 Å². The van der Waals surface area contributed by atoms with Crippen molar-refractivity contribution in [2.45, 2.75) is 109 Å². The Kier molecular flexibility index (Phi) is 14.5. The van der Waals surface area contributed by atoms with Crippen molar-refractivity contribution in [3.8, 4) is 5.75 Å². The van der Waals surface area contributed by atoms with Gasteiger partial charge in [-0.2, -0.15) is 0 Å². The Hall–Kier alpha value is -4.79. The Labute approximate surface area is 365 Å². The molecule has 334 valence electrons. The van der Waals surface area contributed by atoms with Crippen molar-refractivity contribution >= 4 is 25.4 Å². The molecule has 14 nitrogen and oxygen atoms in total. The Morgan fingerprint density at radius 2 is 1.56 bits per heavy atom. The molecule has 2 fully saturated rings. The number of benzene rings is 4. The normalized spacial score (nSPS) is 22.6. The van der Waals surface area contributed by atoms with E-state index < -0.39 is 55.3 Å². The van der Waals surface area contributed by atoms with Crippen molar-refractivity contribution in [3.05, 3.63) is 131 Å². The highest BCUT2D eigenvalue weighted by molar-refractivity contribution is 7.53. The van der Waals surface area contributed by atoms with Gasteiger partial charge in [-0.3, -0.25) is 5.32 Å². The van der Waals surface area contributed by atoms with Crippen molar-refractivity contribution in [1.82, 2.24) is 9.80 Å². The van der Waals surface area contributed by atoms with Crippen LogP contribution in [0.5, 0.6) is 5.75 Å². The molecule has 62 heavy (non-hydrogen) atoms. The molecular weight excluding hydrogens is 810 g/mol. The van der Waals surface area contributed by atoms with Gasteiger partial charge in [-0.05, 0) is 94.8 Å². The van der Waals surface area contributed by atoms with Crippen LogP contribution in [0.25, 0.3) is 0 Å². The predicted molar refractivity (Wildman–Crippen MR) is 238 cm³/mol. The molecule has 1 saturated carbocycles. The first-order chi connectivity index (χ1) is 29.3.